The lowest BCUT2D eigenvalue weighted by Gasteiger charge is -2.19. The Labute approximate surface area is 126 Å². The van der Waals surface area contributed by atoms with Crippen molar-refractivity contribution in [3.63, 3.8) is 0 Å². The molecule has 3 nitrogen and oxygen atoms in total. The first kappa shape index (κ1) is 15.1. The van der Waals surface area contributed by atoms with Crippen LogP contribution in [-0.4, -0.2) is 19.1 Å². The fourth-order valence-corrected chi connectivity index (χ4v) is 2.43. The minimum atomic E-state index is 0.703. The molecule has 0 aromatic heterocycles. The van der Waals surface area contributed by atoms with E-state index in [1.807, 2.05) is 30.3 Å². The van der Waals surface area contributed by atoms with Crippen LogP contribution in [0, 0.1) is 18.3 Å². The summed E-state index contributed by atoms with van der Waals surface area (Å²) in [7, 11) is 3.77. The van der Waals surface area contributed by atoms with E-state index in [1.54, 1.807) is 7.11 Å². The van der Waals surface area contributed by atoms with E-state index >= 15 is 0 Å². The van der Waals surface area contributed by atoms with Gasteiger partial charge in [-0.05, 0) is 37.7 Å². The van der Waals surface area contributed by atoms with E-state index in [-0.39, 0.29) is 0 Å². The average Bonchev–Trinajstić information content (AvgIpc) is 2.47. The SMILES string of the molecule is COc1ccc(C)cc1CN(C)Cc1cccc(C#N)c1. The molecule has 0 fully saturated rings. The van der Waals surface area contributed by atoms with Crippen LogP contribution >= 0.6 is 0 Å². The van der Waals surface area contributed by atoms with E-state index in [1.165, 1.54) is 11.1 Å². The van der Waals surface area contributed by atoms with Gasteiger partial charge >= 0.3 is 0 Å². The minimum Gasteiger partial charge on any atom is -0.496 e. The van der Waals surface area contributed by atoms with Crippen molar-refractivity contribution in [2.75, 3.05) is 14.2 Å². The van der Waals surface area contributed by atoms with Crippen molar-refractivity contribution in [3.8, 4) is 11.8 Å². The maximum Gasteiger partial charge on any atom is 0.123 e. The zero-order valence-electron chi connectivity index (χ0n) is 12.8. The van der Waals surface area contributed by atoms with Crippen molar-refractivity contribution in [2.24, 2.45) is 0 Å². The molecule has 0 heterocycles. The van der Waals surface area contributed by atoms with Gasteiger partial charge in [-0.15, -0.1) is 0 Å². The molecule has 0 N–H and O–H groups in total. The van der Waals surface area contributed by atoms with Gasteiger partial charge in [-0.25, -0.2) is 0 Å². The second-order valence-electron chi connectivity index (χ2n) is 5.30. The van der Waals surface area contributed by atoms with Crippen molar-refractivity contribution in [2.45, 2.75) is 20.0 Å². The summed E-state index contributed by atoms with van der Waals surface area (Å²) in [5, 5.41) is 8.95. The van der Waals surface area contributed by atoms with Gasteiger partial charge in [0.15, 0.2) is 0 Å². The monoisotopic (exact) mass is 280 g/mol. The molecule has 2 aromatic rings. The van der Waals surface area contributed by atoms with Gasteiger partial charge in [-0.2, -0.15) is 5.26 Å². The summed E-state index contributed by atoms with van der Waals surface area (Å²) in [6.07, 6.45) is 0. The van der Waals surface area contributed by atoms with Crippen LogP contribution in [0.15, 0.2) is 42.5 Å². The van der Waals surface area contributed by atoms with Crippen molar-refractivity contribution in [1.29, 1.82) is 5.26 Å². The van der Waals surface area contributed by atoms with E-state index in [4.69, 9.17) is 10.00 Å². The van der Waals surface area contributed by atoms with E-state index in [9.17, 15) is 0 Å². The summed E-state index contributed by atoms with van der Waals surface area (Å²) in [4.78, 5) is 2.22. The van der Waals surface area contributed by atoms with Crippen LogP contribution in [0.5, 0.6) is 5.75 Å². The van der Waals surface area contributed by atoms with Crippen LogP contribution in [0.1, 0.15) is 22.3 Å². The Morgan fingerprint density at radius 2 is 1.95 bits per heavy atom. The van der Waals surface area contributed by atoms with Gasteiger partial charge in [0.05, 0.1) is 18.7 Å². The molecular formula is C18H20N2O. The fourth-order valence-electron chi connectivity index (χ4n) is 2.43. The van der Waals surface area contributed by atoms with E-state index in [0.29, 0.717) is 5.56 Å². The number of hydrogen-bond donors (Lipinski definition) is 0. The van der Waals surface area contributed by atoms with E-state index in [2.05, 4.69) is 37.1 Å². The predicted octanol–water partition coefficient (Wildman–Crippen LogP) is 3.51. The Bertz CT molecular complexity index is 659. The number of nitriles is 1. The smallest absolute Gasteiger partial charge is 0.123 e. The zero-order valence-corrected chi connectivity index (χ0v) is 12.8. The van der Waals surface area contributed by atoms with Crippen LogP contribution in [0.4, 0.5) is 0 Å². The third-order valence-electron chi connectivity index (χ3n) is 3.38. The quantitative estimate of drug-likeness (QED) is 0.841. The normalized spacial score (nSPS) is 10.4. The second kappa shape index (κ2) is 6.92. The molecular weight excluding hydrogens is 260 g/mol. The van der Waals surface area contributed by atoms with Gasteiger partial charge in [0, 0.05) is 18.7 Å². The Morgan fingerprint density at radius 3 is 2.67 bits per heavy atom. The highest BCUT2D eigenvalue weighted by molar-refractivity contribution is 5.37. The topological polar surface area (TPSA) is 36.3 Å². The summed E-state index contributed by atoms with van der Waals surface area (Å²) < 4.78 is 5.42. The Balaban J connectivity index is 2.09. The van der Waals surface area contributed by atoms with E-state index in [0.717, 1.165) is 24.4 Å². The minimum absolute atomic E-state index is 0.703. The molecule has 0 aliphatic carbocycles. The Hall–Kier alpha value is -2.31. The number of rotatable bonds is 5. The van der Waals surface area contributed by atoms with Gasteiger partial charge in [-0.3, -0.25) is 4.90 Å². The van der Waals surface area contributed by atoms with Crippen LogP contribution in [0.2, 0.25) is 0 Å². The summed E-state index contributed by atoms with van der Waals surface area (Å²) in [5.41, 5.74) is 4.25. The molecule has 0 amide bonds. The lowest BCUT2D eigenvalue weighted by Crippen LogP contribution is -2.17. The molecule has 21 heavy (non-hydrogen) atoms. The first-order valence-corrected chi connectivity index (χ1v) is 6.93. The number of aryl methyl sites for hydroxylation is 1. The highest BCUT2D eigenvalue weighted by Crippen LogP contribution is 2.21. The molecule has 0 aliphatic heterocycles. The van der Waals surface area contributed by atoms with Gasteiger partial charge in [0.25, 0.3) is 0 Å². The first-order valence-electron chi connectivity index (χ1n) is 6.93. The third-order valence-corrected chi connectivity index (χ3v) is 3.38. The molecule has 0 aliphatic rings. The molecule has 0 saturated carbocycles. The average molecular weight is 280 g/mol. The lowest BCUT2D eigenvalue weighted by molar-refractivity contribution is 0.310. The molecule has 0 atom stereocenters. The molecule has 0 bridgehead atoms. The standard InChI is InChI=1S/C18H20N2O/c1-14-7-8-18(21-3)17(9-14)13-20(2)12-16-6-4-5-15(10-16)11-19/h4-10H,12-13H2,1-3H3. The summed E-state index contributed by atoms with van der Waals surface area (Å²) >= 11 is 0. The Kier molecular flexibility index (Phi) is 4.97. The number of nitrogens with zero attached hydrogens (tertiary/aromatic N) is 2. The molecule has 0 unspecified atom stereocenters. The zero-order chi connectivity index (χ0) is 15.2. The molecule has 0 radical (unpaired) electrons. The third kappa shape index (κ3) is 4.08. The van der Waals surface area contributed by atoms with E-state index < -0.39 is 0 Å². The van der Waals surface area contributed by atoms with Gasteiger partial charge < -0.3 is 4.74 Å². The highest BCUT2D eigenvalue weighted by atomic mass is 16.5. The fraction of sp³-hybridized carbons (Fsp3) is 0.278. The molecule has 3 heteroatoms. The van der Waals surface area contributed by atoms with Gasteiger partial charge in [0.1, 0.15) is 5.75 Å². The molecule has 0 saturated heterocycles. The number of benzene rings is 2. The van der Waals surface area contributed by atoms with Crippen molar-refractivity contribution in [1.82, 2.24) is 4.90 Å². The van der Waals surface area contributed by atoms with Crippen molar-refractivity contribution in [3.05, 3.63) is 64.7 Å². The van der Waals surface area contributed by atoms with Crippen LogP contribution in [0.3, 0.4) is 0 Å². The lowest BCUT2D eigenvalue weighted by atomic mass is 10.1. The molecule has 2 rings (SSSR count). The maximum absolute atomic E-state index is 8.95. The first-order chi connectivity index (χ1) is 10.1. The highest BCUT2D eigenvalue weighted by Gasteiger charge is 2.07. The van der Waals surface area contributed by atoms with Gasteiger partial charge in [-0.1, -0.05) is 29.8 Å². The molecule has 2 aromatic carbocycles. The van der Waals surface area contributed by atoms with Gasteiger partial charge in [0.2, 0.25) is 0 Å². The number of ether oxygens (including phenoxy) is 1. The molecule has 0 spiro atoms. The van der Waals surface area contributed by atoms with Crippen molar-refractivity contribution < 1.29 is 4.74 Å². The van der Waals surface area contributed by atoms with Crippen LogP contribution < -0.4 is 4.74 Å². The Morgan fingerprint density at radius 1 is 1.14 bits per heavy atom. The summed E-state index contributed by atoms with van der Waals surface area (Å²) in [6.45, 7) is 3.69. The predicted molar refractivity (Wildman–Crippen MR) is 84.1 cm³/mol. The summed E-state index contributed by atoms with van der Waals surface area (Å²) in [5.74, 6) is 0.915. The van der Waals surface area contributed by atoms with Crippen molar-refractivity contribution >= 4 is 0 Å². The largest absolute Gasteiger partial charge is 0.496 e. The number of hydrogen-bond acceptors (Lipinski definition) is 3. The maximum atomic E-state index is 8.95. The van der Waals surface area contributed by atoms with Crippen LogP contribution in [0.25, 0.3) is 0 Å². The summed E-state index contributed by atoms with van der Waals surface area (Å²) in [6, 6.07) is 16.1. The number of methoxy groups -OCH3 is 1. The van der Waals surface area contributed by atoms with Crippen LogP contribution in [-0.2, 0) is 13.1 Å². The molecule has 108 valence electrons. The second-order valence-corrected chi connectivity index (χ2v) is 5.30.